The third-order valence-corrected chi connectivity index (χ3v) is 10.9. The van der Waals surface area contributed by atoms with Crippen LogP contribution in [-0.2, 0) is 44.7 Å². The van der Waals surface area contributed by atoms with Gasteiger partial charge in [0.1, 0.15) is 24.2 Å². The van der Waals surface area contributed by atoms with Crippen molar-refractivity contribution in [2.75, 3.05) is 32.6 Å². The molecule has 0 aliphatic rings. The molecule has 0 heterocycles. The fourth-order valence-electron chi connectivity index (χ4n) is 6.99. The lowest BCUT2D eigenvalue weighted by Crippen LogP contribution is -2.61. The number of aliphatic hydroxyl groups excluding tert-OH is 2. The van der Waals surface area contributed by atoms with Gasteiger partial charge in [0, 0.05) is 31.3 Å². The Balaban J connectivity index is 2.46. The first-order chi connectivity index (χ1) is 32.2. The fourth-order valence-corrected chi connectivity index (χ4v) is 7.29. The second-order valence-electron chi connectivity index (χ2n) is 16.2. The van der Waals surface area contributed by atoms with Crippen LogP contribution in [0.25, 0.3) is 0 Å². The number of rotatable bonds is 30. The Morgan fingerprint density at radius 1 is 0.706 bits per heavy atom. The Hall–Kier alpha value is -6.50. The minimum Gasteiger partial charge on any atom is -0.467 e. The number of benzene rings is 2. The molecular formula is C44H69N13O10S. The van der Waals surface area contributed by atoms with Crippen molar-refractivity contribution in [3.8, 4) is 0 Å². The smallest absolute Gasteiger partial charge is 0.330 e. The van der Waals surface area contributed by atoms with Gasteiger partial charge in [-0.3, -0.25) is 44.9 Å². The van der Waals surface area contributed by atoms with Gasteiger partial charge in [0.05, 0.1) is 25.9 Å². The van der Waals surface area contributed by atoms with Crippen LogP contribution in [0.1, 0.15) is 73.7 Å². The molecule has 2 unspecified atom stereocenters. The van der Waals surface area contributed by atoms with E-state index in [1.165, 1.54) is 6.92 Å². The van der Waals surface area contributed by atoms with E-state index in [9.17, 15) is 43.8 Å². The molecule has 18 N–H and O–H groups in total. The van der Waals surface area contributed by atoms with Crippen molar-refractivity contribution in [2.24, 2.45) is 17.2 Å². The molecule has 0 aliphatic heterocycles. The Morgan fingerprint density at radius 2 is 1.21 bits per heavy atom. The molecule has 0 saturated carbocycles. The van der Waals surface area contributed by atoms with Gasteiger partial charge in [-0.05, 0) is 76.0 Å². The first-order valence-electron chi connectivity index (χ1n) is 22.0. The normalized spacial score (nSPS) is 14.5. The number of primary amides is 1. The number of esters is 1. The number of hydrogen-bond acceptors (Lipinski definition) is 14. The van der Waals surface area contributed by atoms with E-state index in [0.717, 1.165) is 29.4 Å². The van der Waals surface area contributed by atoms with Crippen molar-refractivity contribution >= 4 is 66.0 Å². The number of ether oxygens (including phenoxy) is 1. The average molecular weight is 972 g/mol. The van der Waals surface area contributed by atoms with Crippen LogP contribution in [0.3, 0.4) is 0 Å². The van der Waals surface area contributed by atoms with E-state index in [4.69, 9.17) is 28.0 Å². The minimum atomic E-state index is -1.75. The van der Waals surface area contributed by atoms with Crippen LogP contribution in [-0.4, -0.2) is 138 Å². The van der Waals surface area contributed by atoms with Crippen molar-refractivity contribution in [3.05, 3.63) is 70.8 Å². The lowest BCUT2D eigenvalue weighted by Gasteiger charge is -2.29. The molecule has 23 nitrogen and oxygen atoms in total. The summed E-state index contributed by atoms with van der Waals surface area (Å²) < 4.78 is 4.60. The summed E-state index contributed by atoms with van der Waals surface area (Å²) in [7, 11) is 1.04. The topological polar surface area (TPSA) is 391 Å². The number of nitrogens with one attached hydrogen (secondary N) is 10. The highest BCUT2D eigenvalue weighted by molar-refractivity contribution is 7.80. The molecule has 0 radical (unpaired) electrons. The standard InChI is InChI=1S/C44H69N13O10S/c1-24-14-15-28(25(2)20-24)34(23-68)52-32(21-27-10-6-5-7-11-27)40(64)54-31(16-17-35(45)60)38(62)53-30(13-9-19-51-44(48)49)39(63)57-36(26(3)59)41(65)55-29(12-8-18-50-43(46)47)37(61)56-33(22-58)42(66)67-4/h5-7,10-11,14-15,20,26,29-34,36,52,58-59,68H,8-9,12-13,16-19,21-23H2,1-4H3,(H2,45,60)(H,53,62)(H,54,64)(H,55,65)(H,56,61)(H,57,63)(H4,46,47,50)(H4,48,49,51)/t26-,29+,30+,31?,32+,33?,34+,36+/m1/s1. The lowest BCUT2D eigenvalue weighted by molar-refractivity contribution is -0.146. The Kier molecular flexibility index (Phi) is 25.4. The predicted molar refractivity (Wildman–Crippen MR) is 257 cm³/mol. The summed E-state index contributed by atoms with van der Waals surface area (Å²) in [5.41, 5.74) is 20.0. The van der Waals surface area contributed by atoms with Gasteiger partial charge in [0.15, 0.2) is 18.0 Å². The number of nitrogens with two attached hydrogens (primary N) is 3. The van der Waals surface area contributed by atoms with E-state index in [1.807, 2.05) is 62.4 Å². The number of hydrogen-bond donors (Lipinski definition) is 16. The van der Waals surface area contributed by atoms with Gasteiger partial charge in [-0.25, -0.2) is 4.79 Å². The van der Waals surface area contributed by atoms with Crippen LogP contribution < -0.4 is 59.7 Å². The predicted octanol–water partition coefficient (Wildman–Crippen LogP) is -2.76. The van der Waals surface area contributed by atoms with Gasteiger partial charge in [0.2, 0.25) is 35.4 Å². The minimum absolute atomic E-state index is 0.0758. The largest absolute Gasteiger partial charge is 0.467 e. The average Bonchev–Trinajstić information content (AvgIpc) is 3.28. The molecule has 68 heavy (non-hydrogen) atoms. The van der Waals surface area contributed by atoms with Crippen LogP contribution in [0, 0.1) is 24.7 Å². The van der Waals surface area contributed by atoms with Gasteiger partial charge >= 0.3 is 5.97 Å². The Morgan fingerprint density at radius 3 is 1.68 bits per heavy atom. The number of guanidine groups is 2. The molecular weight excluding hydrogens is 903 g/mol. The maximum atomic E-state index is 14.3. The molecule has 8 atom stereocenters. The quantitative estimate of drug-likeness (QED) is 0.0124. The van der Waals surface area contributed by atoms with Crippen LogP contribution in [0.2, 0.25) is 0 Å². The number of aliphatic hydroxyl groups is 2. The van der Waals surface area contributed by atoms with Gasteiger partial charge in [-0.2, -0.15) is 12.6 Å². The number of aryl methyl sites for hydroxylation is 2. The SMILES string of the molecule is COC(=O)C(CO)NC(=O)[C@H](CCCNC(=N)N)NC(=O)[C@@H](NC(=O)[C@H](CCCNC(=N)N)NC(=O)C(CCC(N)=O)NC(=O)[C@H](Cc1ccccc1)N[C@@H](CS)c1ccc(C)cc1C)[C@@H](C)O. The van der Waals surface area contributed by atoms with Crippen LogP contribution in [0.4, 0.5) is 0 Å². The maximum absolute atomic E-state index is 14.3. The molecule has 0 saturated heterocycles. The molecule has 0 aromatic heterocycles. The van der Waals surface area contributed by atoms with Crippen molar-refractivity contribution in [1.82, 2.24) is 42.5 Å². The molecule has 24 heteroatoms. The molecule has 0 fully saturated rings. The zero-order valence-electron chi connectivity index (χ0n) is 38.9. The fraction of sp³-hybridized carbons (Fsp3) is 0.523. The van der Waals surface area contributed by atoms with E-state index >= 15 is 0 Å². The zero-order chi connectivity index (χ0) is 50.9. The van der Waals surface area contributed by atoms with Crippen LogP contribution >= 0.6 is 12.6 Å². The van der Waals surface area contributed by atoms with Crippen molar-refractivity contribution in [2.45, 2.75) is 114 Å². The second kappa shape index (κ2) is 30.0. The number of carbonyl (C=O) groups excluding carboxylic acids is 7. The molecule has 6 amide bonds. The lowest BCUT2D eigenvalue weighted by atomic mass is 9.97. The summed E-state index contributed by atoms with van der Waals surface area (Å²) in [5.74, 6) is -6.62. The molecule has 2 rings (SSSR count). The van der Waals surface area contributed by atoms with E-state index in [0.29, 0.717) is 5.75 Å². The summed E-state index contributed by atoms with van der Waals surface area (Å²) in [6.07, 6.45) is -1.99. The van der Waals surface area contributed by atoms with Gasteiger partial charge in [0.25, 0.3) is 0 Å². The van der Waals surface area contributed by atoms with E-state index in [1.54, 1.807) is 0 Å². The van der Waals surface area contributed by atoms with Crippen molar-refractivity contribution in [3.63, 3.8) is 0 Å². The van der Waals surface area contributed by atoms with E-state index in [2.05, 4.69) is 59.9 Å². The highest BCUT2D eigenvalue weighted by Gasteiger charge is 2.35. The molecule has 2 aromatic rings. The molecule has 0 spiro atoms. The molecule has 0 aliphatic carbocycles. The van der Waals surface area contributed by atoms with Crippen LogP contribution in [0.15, 0.2) is 48.5 Å². The summed E-state index contributed by atoms with van der Waals surface area (Å²) in [6.45, 7) is 4.44. The highest BCUT2D eigenvalue weighted by Crippen LogP contribution is 2.22. The number of amides is 6. The summed E-state index contributed by atoms with van der Waals surface area (Å²) >= 11 is 4.59. The second-order valence-corrected chi connectivity index (χ2v) is 16.5. The monoisotopic (exact) mass is 972 g/mol. The Bertz CT molecular complexity index is 2030. The van der Waals surface area contributed by atoms with Crippen molar-refractivity contribution in [1.29, 1.82) is 10.8 Å². The third-order valence-electron chi connectivity index (χ3n) is 10.6. The molecule has 0 bridgehead atoms. The van der Waals surface area contributed by atoms with Gasteiger partial charge in [-0.15, -0.1) is 0 Å². The summed E-state index contributed by atoms with van der Waals surface area (Å²) in [4.78, 5) is 93.9. The van der Waals surface area contributed by atoms with E-state index in [-0.39, 0.29) is 70.0 Å². The Labute approximate surface area is 401 Å². The van der Waals surface area contributed by atoms with Gasteiger partial charge < -0.3 is 69.4 Å². The van der Waals surface area contributed by atoms with E-state index < -0.39 is 96.4 Å². The maximum Gasteiger partial charge on any atom is 0.330 e. The van der Waals surface area contributed by atoms with Gasteiger partial charge in [-0.1, -0.05) is 54.1 Å². The molecule has 376 valence electrons. The molecule has 2 aromatic carbocycles. The number of methoxy groups -OCH3 is 1. The zero-order valence-corrected chi connectivity index (χ0v) is 39.7. The van der Waals surface area contributed by atoms with Crippen molar-refractivity contribution < 1.29 is 48.5 Å². The first-order valence-corrected chi connectivity index (χ1v) is 22.6. The summed E-state index contributed by atoms with van der Waals surface area (Å²) in [6, 6.07) is 6.20. The first kappa shape index (κ1) is 57.6. The number of carbonyl (C=O) groups is 7. The van der Waals surface area contributed by atoms with Crippen LogP contribution in [0.5, 0.6) is 0 Å². The summed E-state index contributed by atoms with van der Waals surface area (Å²) in [5, 5.41) is 56.4. The highest BCUT2D eigenvalue weighted by atomic mass is 32.1. The third kappa shape index (κ3) is 20.6. The number of thiol groups is 1.